The Morgan fingerprint density at radius 2 is 2.29 bits per heavy atom. The highest BCUT2D eigenvalue weighted by Crippen LogP contribution is 2.25. The Morgan fingerprint density at radius 1 is 1.50 bits per heavy atom. The van der Waals surface area contributed by atoms with E-state index in [0.717, 1.165) is 22.9 Å². The molecule has 0 saturated heterocycles. The van der Waals surface area contributed by atoms with Gasteiger partial charge in [-0.1, -0.05) is 0 Å². The summed E-state index contributed by atoms with van der Waals surface area (Å²) in [5.74, 6) is 1.32. The van der Waals surface area contributed by atoms with Crippen LogP contribution in [-0.2, 0) is 0 Å². The van der Waals surface area contributed by atoms with Gasteiger partial charge in [0, 0.05) is 11.4 Å². The van der Waals surface area contributed by atoms with Crippen LogP contribution in [0.4, 0.5) is 0 Å². The third-order valence-corrected chi connectivity index (χ3v) is 2.51. The molecule has 0 aromatic heterocycles. The van der Waals surface area contributed by atoms with Gasteiger partial charge in [-0.3, -0.25) is 4.79 Å². The van der Waals surface area contributed by atoms with Gasteiger partial charge in [0.2, 0.25) is 0 Å². The molecule has 0 aliphatic rings. The van der Waals surface area contributed by atoms with Crippen molar-refractivity contribution in [1.29, 1.82) is 0 Å². The molecule has 0 aliphatic carbocycles. The van der Waals surface area contributed by atoms with Gasteiger partial charge >= 0.3 is 0 Å². The number of carbonyl (C=O) groups is 1. The molecule has 1 rings (SSSR count). The monoisotopic (exact) mass is 276 g/mol. The number of aldehydes is 1. The van der Waals surface area contributed by atoms with E-state index in [1.54, 1.807) is 18.2 Å². The number of hydrogen-bond acceptors (Lipinski definition) is 2. The van der Waals surface area contributed by atoms with E-state index in [-0.39, 0.29) is 0 Å². The van der Waals surface area contributed by atoms with Gasteiger partial charge in [0.1, 0.15) is 12.0 Å². The van der Waals surface area contributed by atoms with Crippen molar-refractivity contribution in [3.8, 4) is 5.75 Å². The second-order valence-electron chi connectivity index (χ2n) is 2.70. The lowest BCUT2D eigenvalue weighted by Crippen LogP contribution is -1.98. The van der Waals surface area contributed by atoms with E-state index in [2.05, 4.69) is 15.9 Å². The zero-order valence-corrected chi connectivity index (χ0v) is 9.85. The molecule has 0 saturated carbocycles. The van der Waals surface area contributed by atoms with Crippen LogP contribution in [0.25, 0.3) is 0 Å². The fourth-order valence-corrected chi connectivity index (χ4v) is 1.56. The van der Waals surface area contributed by atoms with Crippen LogP contribution in [0.2, 0.25) is 0 Å². The van der Waals surface area contributed by atoms with Gasteiger partial charge in [-0.2, -0.15) is 0 Å². The molecule has 1 aromatic carbocycles. The van der Waals surface area contributed by atoms with Crippen LogP contribution < -0.4 is 4.74 Å². The summed E-state index contributed by atoms with van der Waals surface area (Å²) in [6, 6.07) is 5.21. The standard InChI is InChI=1S/C10H10BrClO2/c11-9-6-8(7-13)2-3-10(9)14-5-1-4-12/h2-3,6-7H,1,4-5H2. The number of ether oxygens (including phenoxy) is 1. The molecule has 0 N–H and O–H groups in total. The zero-order chi connectivity index (χ0) is 10.4. The zero-order valence-electron chi connectivity index (χ0n) is 7.50. The maximum Gasteiger partial charge on any atom is 0.150 e. The summed E-state index contributed by atoms with van der Waals surface area (Å²) in [5.41, 5.74) is 0.626. The Labute approximate surface area is 96.3 Å². The predicted molar refractivity (Wildman–Crippen MR) is 60.4 cm³/mol. The van der Waals surface area contributed by atoms with Crippen LogP contribution in [0.5, 0.6) is 5.75 Å². The fourth-order valence-electron chi connectivity index (χ4n) is 0.944. The Kier molecular flexibility index (Phi) is 4.98. The predicted octanol–water partition coefficient (Wildman–Crippen LogP) is 3.27. The molecule has 76 valence electrons. The Hall–Kier alpha value is -0.540. The van der Waals surface area contributed by atoms with Crippen LogP contribution in [0.3, 0.4) is 0 Å². The van der Waals surface area contributed by atoms with Crippen LogP contribution in [0.1, 0.15) is 16.8 Å². The fraction of sp³-hybridized carbons (Fsp3) is 0.300. The lowest BCUT2D eigenvalue weighted by atomic mass is 10.2. The van der Waals surface area contributed by atoms with Crippen LogP contribution in [0.15, 0.2) is 22.7 Å². The average molecular weight is 278 g/mol. The summed E-state index contributed by atoms with van der Waals surface area (Å²) >= 11 is 8.84. The summed E-state index contributed by atoms with van der Waals surface area (Å²) in [5, 5.41) is 0. The summed E-state index contributed by atoms with van der Waals surface area (Å²) in [4.78, 5) is 10.5. The highest BCUT2D eigenvalue weighted by molar-refractivity contribution is 9.10. The summed E-state index contributed by atoms with van der Waals surface area (Å²) < 4.78 is 6.22. The summed E-state index contributed by atoms with van der Waals surface area (Å²) in [6.45, 7) is 0.586. The van der Waals surface area contributed by atoms with Crippen molar-refractivity contribution in [2.24, 2.45) is 0 Å². The minimum absolute atomic E-state index is 0.586. The van der Waals surface area contributed by atoms with Gasteiger partial charge in [-0.05, 0) is 40.5 Å². The highest BCUT2D eigenvalue weighted by atomic mass is 79.9. The van der Waals surface area contributed by atoms with Crippen molar-refractivity contribution in [1.82, 2.24) is 0 Å². The SMILES string of the molecule is O=Cc1ccc(OCCCCl)c(Br)c1. The lowest BCUT2D eigenvalue weighted by molar-refractivity contribution is 0.112. The van der Waals surface area contributed by atoms with Gasteiger partial charge in [0.25, 0.3) is 0 Å². The van der Waals surface area contributed by atoms with E-state index in [9.17, 15) is 4.79 Å². The largest absolute Gasteiger partial charge is 0.492 e. The first-order chi connectivity index (χ1) is 6.77. The summed E-state index contributed by atoms with van der Waals surface area (Å²) in [6.07, 6.45) is 1.61. The molecule has 0 aliphatic heterocycles. The molecule has 1 aromatic rings. The molecular weight excluding hydrogens is 267 g/mol. The van der Waals surface area contributed by atoms with Gasteiger partial charge in [-0.15, -0.1) is 11.6 Å². The molecule has 0 radical (unpaired) electrons. The first kappa shape index (κ1) is 11.5. The van der Waals surface area contributed by atoms with Crippen molar-refractivity contribution in [2.45, 2.75) is 6.42 Å². The Morgan fingerprint density at radius 3 is 2.86 bits per heavy atom. The van der Waals surface area contributed by atoms with Gasteiger partial charge in [0.05, 0.1) is 11.1 Å². The second kappa shape index (κ2) is 6.04. The first-order valence-corrected chi connectivity index (χ1v) is 5.54. The van der Waals surface area contributed by atoms with E-state index < -0.39 is 0 Å². The molecule has 0 bridgehead atoms. The van der Waals surface area contributed by atoms with Crippen molar-refractivity contribution in [2.75, 3.05) is 12.5 Å². The minimum atomic E-state index is 0.586. The third kappa shape index (κ3) is 3.31. The Balaban J connectivity index is 2.64. The maximum absolute atomic E-state index is 10.5. The molecule has 0 amide bonds. The molecule has 14 heavy (non-hydrogen) atoms. The quantitative estimate of drug-likeness (QED) is 0.469. The van der Waals surface area contributed by atoms with Crippen LogP contribution in [0, 0.1) is 0 Å². The van der Waals surface area contributed by atoms with Crippen LogP contribution in [-0.4, -0.2) is 18.8 Å². The number of carbonyl (C=O) groups excluding carboxylic acids is 1. The third-order valence-electron chi connectivity index (χ3n) is 1.63. The average Bonchev–Trinajstić information content (AvgIpc) is 2.20. The van der Waals surface area contributed by atoms with E-state index in [4.69, 9.17) is 16.3 Å². The van der Waals surface area contributed by atoms with E-state index in [0.29, 0.717) is 18.1 Å². The normalized spacial score (nSPS) is 9.86. The molecule has 0 fully saturated rings. The lowest BCUT2D eigenvalue weighted by Gasteiger charge is -2.07. The molecule has 0 atom stereocenters. The van der Waals surface area contributed by atoms with Crippen molar-refractivity contribution >= 4 is 33.8 Å². The first-order valence-electron chi connectivity index (χ1n) is 4.21. The molecule has 2 nitrogen and oxygen atoms in total. The van der Waals surface area contributed by atoms with Gasteiger partial charge in [-0.25, -0.2) is 0 Å². The molecule has 0 unspecified atom stereocenters. The van der Waals surface area contributed by atoms with E-state index >= 15 is 0 Å². The van der Waals surface area contributed by atoms with Crippen molar-refractivity contribution in [3.63, 3.8) is 0 Å². The van der Waals surface area contributed by atoms with E-state index in [1.165, 1.54) is 0 Å². The van der Waals surface area contributed by atoms with Crippen LogP contribution >= 0.6 is 27.5 Å². The topological polar surface area (TPSA) is 26.3 Å². The second-order valence-corrected chi connectivity index (χ2v) is 3.93. The summed E-state index contributed by atoms with van der Waals surface area (Å²) in [7, 11) is 0. The van der Waals surface area contributed by atoms with Crippen molar-refractivity contribution in [3.05, 3.63) is 28.2 Å². The maximum atomic E-state index is 10.5. The number of rotatable bonds is 5. The van der Waals surface area contributed by atoms with Gasteiger partial charge in [0.15, 0.2) is 0 Å². The highest BCUT2D eigenvalue weighted by Gasteiger charge is 2.01. The van der Waals surface area contributed by atoms with Gasteiger partial charge < -0.3 is 4.74 Å². The smallest absolute Gasteiger partial charge is 0.150 e. The molecule has 0 heterocycles. The molecule has 0 spiro atoms. The number of hydrogen-bond donors (Lipinski definition) is 0. The van der Waals surface area contributed by atoms with E-state index in [1.807, 2.05) is 0 Å². The Bertz CT molecular complexity index is 315. The van der Waals surface area contributed by atoms with Crippen molar-refractivity contribution < 1.29 is 9.53 Å². The molecule has 4 heteroatoms. The molecular formula is C10H10BrClO2. The number of alkyl halides is 1. The minimum Gasteiger partial charge on any atom is -0.492 e. The number of halogens is 2. The number of benzene rings is 1.